The van der Waals surface area contributed by atoms with E-state index in [0.29, 0.717) is 30.2 Å². The van der Waals surface area contributed by atoms with Crippen LogP contribution in [0.3, 0.4) is 0 Å². The maximum atomic E-state index is 14.2. The van der Waals surface area contributed by atoms with Crippen molar-refractivity contribution in [2.24, 2.45) is 10.9 Å². The Bertz CT molecular complexity index is 1530. The van der Waals surface area contributed by atoms with Gasteiger partial charge >= 0.3 is 18.0 Å². The highest BCUT2D eigenvalue weighted by Gasteiger charge is 2.47. The van der Waals surface area contributed by atoms with Crippen LogP contribution in [0.1, 0.15) is 24.4 Å². The average molecular weight is 636 g/mol. The largest absolute Gasteiger partial charge is 0.468 e. The van der Waals surface area contributed by atoms with Crippen LogP contribution >= 0.6 is 0 Å². The number of ether oxygens (including phenoxy) is 2. The molecule has 4 rings (SSSR count). The summed E-state index contributed by atoms with van der Waals surface area (Å²) in [6, 6.07) is 6.58. The van der Waals surface area contributed by atoms with E-state index in [4.69, 9.17) is 9.47 Å². The smallest absolute Gasteiger partial charge is 0.352 e. The molecular formula is C29H35F2N5O7S. The van der Waals surface area contributed by atoms with Crippen molar-refractivity contribution in [1.82, 2.24) is 15.5 Å². The normalized spacial score (nSPS) is 19.5. The predicted octanol–water partition coefficient (Wildman–Crippen LogP) is 2.69. The number of hydrogen-bond donors (Lipinski definition) is 2. The fourth-order valence-electron chi connectivity index (χ4n) is 5.50. The number of sulfone groups is 1. The molecule has 0 aromatic heterocycles. The van der Waals surface area contributed by atoms with Crippen LogP contribution < -0.4 is 15.5 Å². The number of imide groups is 1. The van der Waals surface area contributed by atoms with Crippen LogP contribution in [0.5, 0.6) is 0 Å². The van der Waals surface area contributed by atoms with Crippen LogP contribution in [0.15, 0.2) is 52.4 Å². The zero-order chi connectivity index (χ0) is 32.0. The zero-order valence-corrected chi connectivity index (χ0v) is 25.4. The number of rotatable bonds is 10. The number of nitrogens with zero attached hydrogens (tertiary/aromatic N) is 3. The number of carbonyl (C=O) groups is 3. The number of carbonyl (C=O) groups excluding carboxylic acids is 3. The van der Waals surface area contributed by atoms with Gasteiger partial charge in [-0.2, -0.15) is 4.99 Å². The Balaban J connectivity index is 1.41. The molecule has 0 radical (unpaired) electrons. The molecule has 1 unspecified atom stereocenters. The van der Waals surface area contributed by atoms with E-state index in [1.165, 1.54) is 19.4 Å². The second-order valence-electron chi connectivity index (χ2n) is 10.5. The molecule has 2 heterocycles. The van der Waals surface area contributed by atoms with Crippen molar-refractivity contribution in [3.05, 3.63) is 59.7 Å². The molecule has 2 aliphatic heterocycles. The van der Waals surface area contributed by atoms with Crippen molar-refractivity contribution in [1.29, 1.82) is 0 Å². The number of amides is 4. The van der Waals surface area contributed by atoms with E-state index in [1.807, 2.05) is 4.90 Å². The highest BCUT2D eigenvalue weighted by Crippen LogP contribution is 2.36. The number of urea groups is 2. The lowest BCUT2D eigenvalue weighted by atomic mass is 9.86. The van der Waals surface area contributed by atoms with Gasteiger partial charge in [0.05, 0.1) is 36.1 Å². The monoisotopic (exact) mass is 635 g/mol. The number of hydrogen-bond acceptors (Lipinski definition) is 9. The lowest BCUT2D eigenvalue weighted by Gasteiger charge is -2.37. The van der Waals surface area contributed by atoms with Gasteiger partial charge in [-0.3, -0.25) is 4.79 Å². The molecule has 238 valence electrons. The predicted molar refractivity (Wildman–Crippen MR) is 157 cm³/mol. The Kier molecular flexibility index (Phi) is 10.7. The molecule has 2 aromatic rings. The van der Waals surface area contributed by atoms with Gasteiger partial charge in [-0.1, -0.05) is 18.2 Å². The average Bonchev–Trinajstić information content (AvgIpc) is 3.00. The summed E-state index contributed by atoms with van der Waals surface area (Å²) < 4.78 is 62.4. The third kappa shape index (κ3) is 7.39. The Labute approximate surface area is 254 Å². The van der Waals surface area contributed by atoms with Gasteiger partial charge in [0.15, 0.2) is 21.5 Å². The lowest BCUT2D eigenvalue weighted by Crippen LogP contribution is -2.54. The number of halogens is 2. The van der Waals surface area contributed by atoms with Crippen LogP contribution in [0.25, 0.3) is 0 Å². The number of nitrogens with one attached hydrogen (secondary N) is 2. The van der Waals surface area contributed by atoms with Gasteiger partial charge in [-0.05, 0) is 42.7 Å². The SMILES string of the molecule is COCC1=NC(=O)N(C(=O)NCCNC2CCN(c3ccccc3S(C)(=O)=O)CC2)[C@@H](c2ccc(F)c(F)c2)C1C(=O)OC. The summed E-state index contributed by atoms with van der Waals surface area (Å²) in [6.45, 7) is 1.47. The molecule has 1 fully saturated rings. The number of anilines is 1. The second-order valence-corrected chi connectivity index (χ2v) is 12.5. The number of methoxy groups -OCH3 is 2. The van der Waals surface area contributed by atoms with Crippen molar-refractivity contribution >= 4 is 39.3 Å². The number of esters is 1. The molecule has 0 bridgehead atoms. The second kappa shape index (κ2) is 14.2. The van der Waals surface area contributed by atoms with E-state index in [-0.39, 0.29) is 35.4 Å². The fraction of sp³-hybridized carbons (Fsp3) is 0.448. The van der Waals surface area contributed by atoms with Crippen LogP contribution in [-0.2, 0) is 24.1 Å². The molecule has 2 aromatic carbocycles. The molecule has 4 amide bonds. The molecule has 44 heavy (non-hydrogen) atoms. The summed E-state index contributed by atoms with van der Waals surface area (Å²) >= 11 is 0. The number of piperidine rings is 1. The highest BCUT2D eigenvalue weighted by molar-refractivity contribution is 7.90. The molecular weight excluding hydrogens is 600 g/mol. The molecule has 0 spiro atoms. The molecule has 0 aliphatic carbocycles. The summed E-state index contributed by atoms with van der Waals surface area (Å²) in [5.41, 5.74) is 0.646. The van der Waals surface area contributed by atoms with Gasteiger partial charge in [-0.15, -0.1) is 0 Å². The van der Waals surface area contributed by atoms with E-state index in [1.54, 1.807) is 24.3 Å². The van der Waals surface area contributed by atoms with Crippen molar-refractivity contribution in [2.75, 3.05) is 58.2 Å². The maximum Gasteiger partial charge on any atom is 0.352 e. The van der Waals surface area contributed by atoms with Crippen LogP contribution in [0.2, 0.25) is 0 Å². The van der Waals surface area contributed by atoms with Gasteiger partial charge in [0.1, 0.15) is 5.92 Å². The summed E-state index contributed by atoms with van der Waals surface area (Å²) in [7, 11) is -0.925. The van der Waals surface area contributed by atoms with E-state index < -0.39 is 51.5 Å². The molecule has 2 atom stereocenters. The van der Waals surface area contributed by atoms with Gasteiger partial charge < -0.3 is 25.0 Å². The first kappa shape index (κ1) is 33.0. The van der Waals surface area contributed by atoms with E-state index in [2.05, 4.69) is 15.6 Å². The lowest BCUT2D eigenvalue weighted by molar-refractivity contribution is -0.144. The van der Waals surface area contributed by atoms with E-state index in [9.17, 15) is 31.6 Å². The molecule has 2 N–H and O–H groups in total. The van der Waals surface area contributed by atoms with Crippen molar-refractivity contribution in [3.8, 4) is 0 Å². The van der Waals surface area contributed by atoms with Crippen molar-refractivity contribution < 1.29 is 41.1 Å². The topological polar surface area (TPSA) is 147 Å². The Hall–Kier alpha value is -3.95. The van der Waals surface area contributed by atoms with Crippen LogP contribution in [0, 0.1) is 17.6 Å². The standard InChI is InChI=1S/C29H35F2N5O7S/c1-42-17-22-25(27(37)43-2)26(18-8-9-20(30)21(31)16-18)36(29(39)34-22)28(38)33-13-12-32-19-10-14-35(15-11-19)23-6-4-5-7-24(23)44(3,40)41/h4-9,16,19,25-26,32H,10-15,17H2,1-3H3,(H,33,38)/t25?,26-/m0/s1. The summed E-state index contributed by atoms with van der Waals surface area (Å²) in [6.07, 6.45) is 2.64. The summed E-state index contributed by atoms with van der Waals surface area (Å²) in [4.78, 5) is 46.1. The minimum absolute atomic E-state index is 0.00589. The first-order valence-electron chi connectivity index (χ1n) is 13.9. The summed E-state index contributed by atoms with van der Waals surface area (Å²) in [5, 5.41) is 5.99. The molecule has 2 aliphatic rings. The minimum Gasteiger partial charge on any atom is -0.468 e. The molecule has 15 heteroatoms. The Morgan fingerprint density at radius 2 is 1.75 bits per heavy atom. The van der Waals surface area contributed by atoms with E-state index >= 15 is 0 Å². The number of aliphatic imine (C=N–C) groups is 1. The molecule has 1 saturated heterocycles. The number of benzene rings is 2. The van der Waals surface area contributed by atoms with Crippen molar-refractivity contribution in [3.63, 3.8) is 0 Å². The number of para-hydroxylation sites is 1. The van der Waals surface area contributed by atoms with E-state index in [0.717, 1.165) is 32.1 Å². The van der Waals surface area contributed by atoms with Crippen molar-refractivity contribution in [2.45, 2.75) is 29.8 Å². The Morgan fingerprint density at radius 3 is 2.39 bits per heavy atom. The summed E-state index contributed by atoms with van der Waals surface area (Å²) in [5.74, 6) is -4.51. The third-order valence-corrected chi connectivity index (χ3v) is 8.73. The van der Waals surface area contributed by atoms with Gasteiger partial charge in [0.2, 0.25) is 0 Å². The van der Waals surface area contributed by atoms with Gasteiger partial charge in [0, 0.05) is 45.6 Å². The quantitative estimate of drug-likeness (QED) is 0.297. The van der Waals surface area contributed by atoms with Gasteiger partial charge in [0.25, 0.3) is 0 Å². The minimum atomic E-state index is -3.38. The zero-order valence-electron chi connectivity index (χ0n) is 24.6. The highest BCUT2D eigenvalue weighted by atomic mass is 32.2. The van der Waals surface area contributed by atoms with Crippen LogP contribution in [-0.4, -0.2) is 96.4 Å². The third-order valence-electron chi connectivity index (χ3n) is 7.58. The Morgan fingerprint density at radius 1 is 1.05 bits per heavy atom. The van der Waals surface area contributed by atoms with Crippen LogP contribution in [0.4, 0.5) is 24.1 Å². The first-order valence-corrected chi connectivity index (χ1v) is 15.8. The molecule has 12 nitrogen and oxygen atoms in total. The fourth-order valence-corrected chi connectivity index (χ4v) is 6.40. The maximum absolute atomic E-state index is 14.2. The van der Waals surface area contributed by atoms with Gasteiger partial charge in [-0.25, -0.2) is 31.7 Å². The first-order chi connectivity index (χ1) is 21.0. The molecule has 0 saturated carbocycles.